The summed E-state index contributed by atoms with van der Waals surface area (Å²) >= 11 is 6.10. The van der Waals surface area contributed by atoms with Gasteiger partial charge in [-0.2, -0.15) is 0 Å². The van der Waals surface area contributed by atoms with Crippen LogP contribution in [0.15, 0.2) is 66.7 Å². The van der Waals surface area contributed by atoms with Crippen LogP contribution >= 0.6 is 11.6 Å². The summed E-state index contributed by atoms with van der Waals surface area (Å²) < 4.78 is 7.22. The second kappa shape index (κ2) is 8.55. The first-order chi connectivity index (χ1) is 14.5. The third-order valence-corrected chi connectivity index (χ3v) is 5.19. The van der Waals surface area contributed by atoms with Gasteiger partial charge in [0.25, 0.3) is 5.91 Å². The molecule has 0 unspecified atom stereocenters. The molecule has 152 valence electrons. The lowest BCUT2D eigenvalue weighted by Crippen LogP contribution is -2.26. The lowest BCUT2D eigenvalue weighted by atomic mass is 10.1. The van der Waals surface area contributed by atoms with Crippen LogP contribution < -0.4 is 4.74 Å². The molecule has 0 N–H and O–H groups in total. The van der Waals surface area contributed by atoms with Crippen LogP contribution in [0.3, 0.4) is 0 Å². The summed E-state index contributed by atoms with van der Waals surface area (Å²) in [6, 6.07) is 20.8. The van der Waals surface area contributed by atoms with E-state index in [0.29, 0.717) is 29.4 Å². The Balaban J connectivity index is 1.47. The Bertz CT molecular complexity index is 1190. The quantitative estimate of drug-likeness (QED) is 0.463. The molecule has 4 rings (SSSR count). The average Bonchev–Trinajstić information content (AvgIpc) is 3.17. The van der Waals surface area contributed by atoms with Gasteiger partial charge in [0.1, 0.15) is 11.3 Å². The number of fused-ring (bicyclic) bond motifs is 1. The van der Waals surface area contributed by atoms with Gasteiger partial charge in [-0.05, 0) is 48.0 Å². The van der Waals surface area contributed by atoms with Gasteiger partial charge in [-0.25, -0.2) is 4.68 Å². The van der Waals surface area contributed by atoms with Crippen molar-refractivity contribution in [2.75, 3.05) is 14.2 Å². The van der Waals surface area contributed by atoms with Crippen LogP contribution in [0.4, 0.5) is 0 Å². The molecule has 6 nitrogen and oxygen atoms in total. The lowest BCUT2D eigenvalue weighted by Gasteiger charge is -2.19. The number of benzene rings is 3. The number of rotatable bonds is 6. The molecule has 1 amide bonds. The molecule has 0 aliphatic carbocycles. The number of amides is 1. The van der Waals surface area contributed by atoms with E-state index in [1.165, 1.54) is 0 Å². The molecule has 1 aromatic heterocycles. The van der Waals surface area contributed by atoms with Crippen molar-refractivity contribution in [3.63, 3.8) is 0 Å². The second-order valence-electron chi connectivity index (χ2n) is 7.05. The number of halogens is 1. The first-order valence-corrected chi connectivity index (χ1v) is 9.88. The predicted molar refractivity (Wildman–Crippen MR) is 117 cm³/mol. The summed E-state index contributed by atoms with van der Waals surface area (Å²) in [5.41, 5.74) is 4.36. The summed E-state index contributed by atoms with van der Waals surface area (Å²) in [4.78, 5) is 14.5. The number of carbonyl (C=O) groups is 1. The minimum Gasteiger partial charge on any atom is -0.496 e. The molecule has 0 saturated carbocycles. The number of hydrogen-bond acceptors (Lipinski definition) is 4. The van der Waals surface area contributed by atoms with Crippen molar-refractivity contribution in [2.24, 2.45) is 0 Å². The molecule has 0 aliphatic heterocycles. The van der Waals surface area contributed by atoms with Gasteiger partial charge < -0.3 is 9.64 Å². The molecule has 0 bridgehead atoms. The van der Waals surface area contributed by atoms with Crippen LogP contribution in [0.5, 0.6) is 5.75 Å². The molecule has 0 radical (unpaired) electrons. The van der Waals surface area contributed by atoms with E-state index >= 15 is 0 Å². The van der Waals surface area contributed by atoms with Crippen LogP contribution in [0.1, 0.15) is 21.5 Å². The maximum absolute atomic E-state index is 12.9. The van der Waals surface area contributed by atoms with Gasteiger partial charge in [0.05, 0.1) is 19.2 Å². The zero-order valence-electron chi connectivity index (χ0n) is 16.7. The molecule has 7 heteroatoms. The molecule has 0 atom stereocenters. The van der Waals surface area contributed by atoms with Crippen molar-refractivity contribution in [2.45, 2.75) is 13.1 Å². The minimum atomic E-state index is -0.0743. The van der Waals surface area contributed by atoms with Gasteiger partial charge in [-0.1, -0.05) is 41.1 Å². The minimum absolute atomic E-state index is 0.0743. The van der Waals surface area contributed by atoms with Gasteiger partial charge >= 0.3 is 0 Å². The Hall–Kier alpha value is -3.38. The van der Waals surface area contributed by atoms with E-state index in [9.17, 15) is 4.79 Å². The van der Waals surface area contributed by atoms with Gasteiger partial charge in [-0.3, -0.25) is 4.79 Å². The number of nitrogens with zero attached hydrogens (tertiary/aromatic N) is 4. The first kappa shape index (κ1) is 19.9. The van der Waals surface area contributed by atoms with Crippen molar-refractivity contribution in [3.05, 3.63) is 88.4 Å². The summed E-state index contributed by atoms with van der Waals surface area (Å²) in [5, 5.41) is 9.00. The molecule has 0 fully saturated rings. The highest BCUT2D eigenvalue weighted by atomic mass is 35.5. The molecule has 4 aromatic rings. The van der Waals surface area contributed by atoms with Crippen molar-refractivity contribution in [1.29, 1.82) is 0 Å². The Morgan fingerprint density at radius 1 is 1.10 bits per heavy atom. The molecule has 0 aliphatic rings. The second-order valence-corrected chi connectivity index (χ2v) is 7.49. The topological polar surface area (TPSA) is 60.2 Å². The molecule has 1 heterocycles. The van der Waals surface area contributed by atoms with E-state index in [4.69, 9.17) is 16.3 Å². The van der Waals surface area contributed by atoms with E-state index in [-0.39, 0.29) is 5.91 Å². The van der Waals surface area contributed by atoms with E-state index in [2.05, 4.69) is 10.3 Å². The standard InChI is InChI=1S/C23H21ClN4O2/c1-27(15-18-13-19(24)11-12-22(18)30-2)23(29)17-9-7-16(8-10-17)14-28-21-6-4-3-5-20(21)25-26-28/h3-13H,14-15H2,1-2H3. The number of hydrogen-bond donors (Lipinski definition) is 0. The van der Waals surface area contributed by atoms with Gasteiger partial charge in [0.15, 0.2) is 0 Å². The van der Waals surface area contributed by atoms with Crippen LogP contribution in [0.25, 0.3) is 11.0 Å². The summed E-state index contributed by atoms with van der Waals surface area (Å²) in [5.74, 6) is 0.629. The zero-order valence-corrected chi connectivity index (χ0v) is 17.5. The van der Waals surface area contributed by atoms with Crippen molar-refractivity contribution in [1.82, 2.24) is 19.9 Å². The summed E-state index contributed by atoms with van der Waals surface area (Å²) in [7, 11) is 3.36. The number of aromatic nitrogens is 3. The van der Waals surface area contributed by atoms with E-state index in [0.717, 1.165) is 22.2 Å². The highest BCUT2D eigenvalue weighted by Gasteiger charge is 2.15. The largest absolute Gasteiger partial charge is 0.496 e. The van der Waals surface area contributed by atoms with E-state index in [1.54, 1.807) is 31.2 Å². The fourth-order valence-electron chi connectivity index (χ4n) is 3.38. The molecular formula is C23H21ClN4O2. The Morgan fingerprint density at radius 3 is 2.63 bits per heavy atom. The van der Waals surface area contributed by atoms with Crippen LogP contribution in [0, 0.1) is 0 Å². The fraction of sp³-hybridized carbons (Fsp3) is 0.174. The third-order valence-electron chi connectivity index (χ3n) is 4.95. The fourth-order valence-corrected chi connectivity index (χ4v) is 3.57. The molecule has 30 heavy (non-hydrogen) atoms. The first-order valence-electron chi connectivity index (χ1n) is 9.50. The molecule has 0 spiro atoms. The Kier molecular flexibility index (Phi) is 5.68. The Labute approximate surface area is 179 Å². The number of carbonyl (C=O) groups excluding carboxylic acids is 1. The van der Waals surface area contributed by atoms with Gasteiger partial charge in [0, 0.05) is 29.7 Å². The maximum atomic E-state index is 12.9. The van der Waals surface area contributed by atoms with E-state index < -0.39 is 0 Å². The average molecular weight is 421 g/mol. The lowest BCUT2D eigenvalue weighted by molar-refractivity contribution is 0.0784. The summed E-state index contributed by atoms with van der Waals surface area (Å²) in [6.07, 6.45) is 0. The zero-order chi connectivity index (χ0) is 21.1. The highest BCUT2D eigenvalue weighted by molar-refractivity contribution is 6.30. The number of methoxy groups -OCH3 is 1. The molecule has 0 saturated heterocycles. The number of para-hydroxylation sites is 1. The van der Waals surface area contributed by atoms with Crippen molar-refractivity contribution in [3.8, 4) is 5.75 Å². The molecular weight excluding hydrogens is 400 g/mol. The Morgan fingerprint density at radius 2 is 1.87 bits per heavy atom. The van der Waals surface area contributed by atoms with Crippen molar-refractivity contribution >= 4 is 28.5 Å². The monoisotopic (exact) mass is 420 g/mol. The number of ether oxygens (including phenoxy) is 1. The highest BCUT2D eigenvalue weighted by Crippen LogP contribution is 2.24. The van der Waals surface area contributed by atoms with E-state index in [1.807, 2.05) is 59.3 Å². The SMILES string of the molecule is COc1ccc(Cl)cc1CN(C)C(=O)c1ccc(Cn2nnc3ccccc32)cc1. The van der Waals surface area contributed by atoms with Gasteiger partial charge in [0.2, 0.25) is 0 Å². The smallest absolute Gasteiger partial charge is 0.253 e. The normalized spacial score (nSPS) is 10.9. The summed E-state index contributed by atoms with van der Waals surface area (Å²) in [6.45, 7) is 0.986. The van der Waals surface area contributed by atoms with Crippen LogP contribution in [-0.4, -0.2) is 40.0 Å². The molecule has 3 aromatic carbocycles. The van der Waals surface area contributed by atoms with Crippen LogP contribution in [0.2, 0.25) is 5.02 Å². The third kappa shape index (κ3) is 4.14. The van der Waals surface area contributed by atoms with Crippen LogP contribution in [-0.2, 0) is 13.1 Å². The maximum Gasteiger partial charge on any atom is 0.253 e. The predicted octanol–water partition coefficient (Wildman–Crippen LogP) is 4.41. The van der Waals surface area contributed by atoms with Crippen molar-refractivity contribution < 1.29 is 9.53 Å². The van der Waals surface area contributed by atoms with Gasteiger partial charge in [-0.15, -0.1) is 5.10 Å².